The van der Waals surface area contributed by atoms with Gasteiger partial charge in [-0.15, -0.1) is 0 Å². The van der Waals surface area contributed by atoms with E-state index >= 15 is 0 Å². The molecule has 3 aromatic carbocycles. The minimum absolute atomic E-state index is 0.0789. The highest BCUT2D eigenvalue weighted by molar-refractivity contribution is 5.73. The van der Waals surface area contributed by atoms with Crippen molar-refractivity contribution in [2.24, 2.45) is 5.92 Å². The molecule has 0 radical (unpaired) electrons. The second-order valence-corrected chi connectivity index (χ2v) is 9.64. The first kappa shape index (κ1) is 17.9. The van der Waals surface area contributed by atoms with Gasteiger partial charge in [-0.25, -0.2) is 0 Å². The Labute approximate surface area is 187 Å². The molecule has 3 aromatic rings. The van der Waals surface area contributed by atoms with Crippen LogP contribution in [0.3, 0.4) is 0 Å². The van der Waals surface area contributed by atoms with E-state index in [2.05, 4.69) is 103 Å². The smallest absolute Gasteiger partial charge is 0.0911 e. The highest BCUT2D eigenvalue weighted by atomic mass is 15.4. The number of aryl methyl sites for hydroxylation is 1. The summed E-state index contributed by atoms with van der Waals surface area (Å²) in [6.45, 7) is 4.11. The maximum atomic E-state index is 9.47. The van der Waals surface area contributed by atoms with Crippen molar-refractivity contribution in [1.29, 1.82) is 0 Å². The number of hydrogen-bond donors (Lipinski definition) is 0. The molecule has 0 amide bonds. The van der Waals surface area contributed by atoms with Crippen LogP contribution >= 0.6 is 0 Å². The third kappa shape index (κ3) is 2.57. The minimum atomic E-state index is -0.427. The summed E-state index contributed by atoms with van der Waals surface area (Å²) < 4.78 is 9.47. The highest BCUT2D eigenvalue weighted by Crippen LogP contribution is 2.60. The lowest BCUT2D eigenvalue weighted by Gasteiger charge is -2.44. The molecule has 0 aromatic heterocycles. The molecule has 3 unspecified atom stereocenters. The standard InChI is InChI=1S/C29H32N2/c1-21-12-6-10-18-26(21)30-20-31-27-19-11-9-17-25(27)29(28(31)22(30)2,24-15-7-8-16-24)23-13-4-3-5-14-23/h3-6,9-14,17-19,22,24,28H,7-8,15-16,20H2,1-2H3/t22-,28?,29?/m0/s1/i20D/t20?,22-,28?,29?. The van der Waals surface area contributed by atoms with Crippen molar-refractivity contribution < 1.29 is 1.37 Å². The lowest BCUT2D eigenvalue weighted by molar-refractivity contribution is 0.277. The van der Waals surface area contributed by atoms with E-state index in [4.69, 9.17) is 0 Å². The van der Waals surface area contributed by atoms with E-state index < -0.39 is 6.64 Å². The van der Waals surface area contributed by atoms with E-state index in [9.17, 15) is 1.37 Å². The van der Waals surface area contributed by atoms with Gasteiger partial charge < -0.3 is 9.80 Å². The zero-order valence-electron chi connectivity index (χ0n) is 19.5. The zero-order valence-corrected chi connectivity index (χ0v) is 18.5. The molecular weight excluding hydrogens is 376 g/mol. The second kappa shape index (κ2) is 7.15. The van der Waals surface area contributed by atoms with Gasteiger partial charge in [-0.2, -0.15) is 0 Å². The summed E-state index contributed by atoms with van der Waals surface area (Å²) >= 11 is 0. The minimum Gasteiger partial charge on any atom is -0.349 e. The molecule has 2 nitrogen and oxygen atoms in total. The van der Waals surface area contributed by atoms with E-state index in [1.807, 2.05) is 0 Å². The molecule has 6 rings (SSSR count). The van der Waals surface area contributed by atoms with Gasteiger partial charge in [0.1, 0.15) is 0 Å². The van der Waals surface area contributed by atoms with E-state index in [0.717, 1.165) is 0 Å². The summed E-state index contributed by atoms with van der Waals surface area (Å²) in [4.78, 5) is 4.81. The summed E-state index contributed by atoms with van der Waals surface area (Å²) in [5, 5.41) is 0. The third-order valence-electron chi connectivity index (χ3n) is 8.18. The predicted octanol–water partition coefficient (Wildman–Crippen LogP) is 6.53. The molecule has 2 heteroatoms. The van der Waals surface area contributed by atoms with E-state index in [-0.39, 0.29) is 17.5 Å². The van der Waals surface area contributed by atoms with Gasteiger partial charge in [-0.3, -0.25) is 0 Å². The van der Waals surface area contributed by atoms with E-state index in [0.29, 0.717) is 5.92 Å². The Morgan fingerprint density at radius 2 is 1.45 bits per heavy atom. The molecule has 2 heterocycles. The lowest BCUT2D eigenvalue weighted by atomic mass is 9.61. The Kier molecular flexibility index (Phi) is 4.13. The SMILES string of the molecule is [2H]C1N2c3ccccc3C(c3ccccc3)(C3CCCC3)C2[C@H](C)N1c1ccccc1C. The fourth-order valence-electron chi connectivity index (χ4n) is 6.97. The number of para-hydroxylation sites is 2. The van der Waals surface area contributed by atoms with Gasteiger partial charge in [0.25, 0.3) is 0 Å². The molecule has 1 saturated carbocycles. The van der Waals surface area contributed by atoms with Crippen LogP contribution in [0.15, 0.2) is 78.9 Å². The van der Waals surface area contributed by atoms with Gasteiger partial charge in [0, 0.05) is 22.8 Å². The summed E-state index contributed by atoms with van der Waals surface area (Å²) in [5.41, 5.74) is 6.49. The third-order valence-corrected chi connectivity index (χ3v) is 8.18. The van der Waals surface area contributed by atoms with Crippen LogP contribution in [0.2, 0.25) is 0 Å². The van der Waals surface area contributed by atoms with Crippen LogP contribution in [0.25, 0.3) is 0 Å². The molecular formula is C29H32N2. The van der Waals surface area contributed by atoms with Crippen molar-refractivity contribution >= 4 is 11.4 Å². The molecule has 3 aliphatic rings. The lowest BCUT2D eigenvalue weighted by Crippen LogP contribution is -2.52. The molecule has 158 valence electrons. The van der Waals surface area contributed by atoms with Crippen LogP contribution in [0.5, 0.6) is 0 Å². The number of benzene rings is 3. The van der Waals surface area contributed by atoms with Crippen LogP contribution in [-0.2, 0) is 5.41 Å². The summed E-state index contributed by atoms with van der Waals surface area (Å²) in [7, 11) is 0. The van der Waals surface area contributed by atoms with Gasteiger partial charge in [0.15, 0.2) is 0 Å². The van der Waals surface area contributed by atoms with Crippen LogP contribution < -0.4 is 9.80 Å². The molecule has 1 saturated heterocycles. The van der Waals surface area contributed by atoms with Crippen LogP contribution in [-0.4, -0.2) is 18.7 Å². The topological polar surface area (TPSA) is 6.48 Å². The van der Waals surface area contributed by atoms with Gasteiger partial charge in [-0.1, -0.05) is 79.6 Å². The molecule has 2 fully saturated rings. The largest absolute Gasteiger partial charge is 0.349 e. The normalized spacial score (nSPS) is 30.4. The summed E-state index contributed by atoms with van der Waals surface area (Å²) in [6.07, 6.45) is 5.17. The average Bonchev–Trinajstić information content (AvgIpc) is 3.51. The van der Waals surface area contributed by atoms with E-state index in [1.165, 1.54) is 53.7 Å². The number of anilines is 2. The molecule has 0 bridgehead atoms. The molecule has 2 aliphatic heterocycles. The van der Waals surface area contributed by atoms with Crippen molar-refractivity contribution in [1.82, 2.24) is 0 Å². The molecule has 31 heavy (non-hydrogen) atoms. The zero-order chi connectivity index (χ0) is 21.9. The Balaban J connectivity index is 1.61. The maximum Gasteiger partial charge on any atom is 0.0911 e. The molecule has 4 atom stereocenters. The maximum absolute atomic E-state index is 9.47. The highest BCUT2D eigenvalue weighted by Gasteiger charge is 2.61. The van der Waals surface area contributed by atoms with Crippen LogP contribution in [0.4, 0.5) is 11.4 Å². The Morgan fingerprint density at radius 1 is 0.806 bits per heavy atom. The molecule has 1 aliphatic carbocycles. The fourth-order valence-corrected chi connectivity index (χ4v) is 6.97. The number of fused-ring (bicyclic) bond motifs is 3. The van der Waals surface area contributed by atoms with Crippen molar-refractivity contribution in [2.45, 2.75) is 57.0 Å². The number of nitrogens with zero attached hydrogens (tertiary/aromatic N) is 2. The Hall–Kier alpha value is -2.74. The number of hydrogen-bond acceptors (Lipinski definition) is 2. The first-order chi connectivity index (χ1) is 15.7. The summed E-state index contributed by atoms with van der Waals surface area (Å²) in [5.74, 6) is 0.604. The van der Waals surface area contributed by atoms with Crippen molar-refractivity contribution in [3.8, 4) is 0 Å². The van der Waals surface area contributed by atoms with Crippen molar-refractivity contribution in [2.75, 3.05) is 16.4 Å². The molecule has 0 spiro atoms. The average molecular weight is 410 g/mol. The van der Waals surface area contributed by atoms with Gasteiger partial charge in [-0.05, 0) is 61.4 Å². The van der Waals surface area contributed by atoms with E-state index in [1.54, 1.807) is 0 Å². The number of rotatable bonds is 3. The predicted molar refractivity (Wildman–Crippen MR) is 130 cm³/mol. The monoisotopic (exact) mass is 409 g/mol. The first-order valence-corrected chi connectivity index (χ1v) is 11.8. The van der Waals surface area contributed by atoms with Gasteiger partial charge in [0.2, 0.25) is 0 Å². The summed E-state index contributed by atoms with van der Waals surface area (Å²) in [6, 6.07) is 29.3. The van der Waals surface area contributed by atoms with Gasteiger partial charge in [0.05, 0.1) is 14.1 Å². The van der Waals surface area contributed by atoms with Crippen molar-refractivity contribution in [3.05, 3.63) is 95.6 Å². The Bertz CT molecular complexity index is 1120. The Morgan fingerprint density at radius 3 is 2.19 bits per heavy atom. The fraction of sp³-hybridized carbons (Fsp3) is 0.379. The first-order valence-electron chi connectivity index (χ1n) is 12.4. The quantitative estimate of drug-likeness (QED) is 0.485. The van der Waals surface area contributed by atoms with Crippen LogP contribution in [0.1, 0.15) is 50.7 Å². The second-order valence-electron chi connectivity index (χ2n) is 9.64. The van der Waals surface area contributed by atoms with Crippen LogP contribution in [0, 0.1) is 12.8 Å². The van der Waals surface area contributed by atoms with Crippen molar-refractivity contribution in [3.63, 3.8) is 0 Å². The molecule has 0 N–H and O–H groups in total. The van der Waals surface area contributed by atoms with Gasteiger partial charge >= 0.3 is 0 Å².